The number of amides is 1. The van der Waals surface area contributed by atoms with E-state index in [-0.39, 0.29) is 47.1 Å². The molecule has 1 saturated heterocycles. The SMILES string of the molecule is CCCCOCCCOC(=O)c1cn2c(c(OCc3ccccc3)c1=O)C(=O)N1C[C@@]3(C)CCC[C@]1(C2)C3. The van der Waals surface area contributed by atoms with E-state index in [1.54, 1.807) is 4.57 Å². The highest BCUT2D eigenvalue weighted by Gasteiger charge is 2.58. The van der Waals surface area contributed by atoms with Gasteiger partial charge in [0.1, 0.15) is 12.2 Å². The van der Waals surface area contributed by atoms with Crippen molar-refractivity contribution in [2.75, 3.05) is 26.4 Å². The van der Waals surface area contributed by atoms with Gasteiger partial charge in [-0.3, -0.25) is 9.59 Å². The van der Waals surface area contributed by atoms with Gasteiger partial charge in [0.05, 0.1) is 12.1 Å². The summed E-state index contributed by atoms with van der Waals surface area (Å²) in [6.45, 7) is 7.02. The van der Waals surface area contributed by atoms with Crippen molar-refractivity contribution in [1.29, 1.82) is 0 Å². The number of ether oxygens (including phenoxy) is 3. The lowest BCUT2D eigenvalue weighted by atomic mass is 9.71. The number of hydrogen-bond acceptors (Lipinski definition) is 6. The number of nitrogens with zero attached hydrogens (tertiary/aromatic N) is 2. The summed E-state index contributed by atoms with van der Waals surface area (Å²) in [6.07, 6.45) is 8.11. The quantitative estimate of drug-likeness (QED) is 0.317. The van der Waals surface area contributed by atoms with Gasteiger partial charge in [-0.25, -0.2) is 4.79 Å². The summed E-state index contributed by atoms with van der Waals surface area (Å²) in [4.78, 5) is 42.6. The molecule has 3 heterocycles. The molecule has 5 rings (SSSR count). The van der Waals surface area contributed by atoms with E-state index in [1.807, 2.05) is 35.2 Å². The van der Waals surface area contributed by atoms with Crippen LogP contribution in [0.2, 0.25) is 0 Å². The fourth-order valence-electron chi connectivity index (χ4n) is 6.43. The van der Waals surface area contributed by atoms with Crippen LogP contribution in [0.3, 0.4) is 0 Å². The number of fused-ring (bicyclic) bond motifs is 2. The lowest BCUT2D eigenvalue weighted by Crippen LogP contribution is -2.55. The second-order valence-electron chi connectivity index (χ2n) is 11.4. The van der Waals surface area contributed by atoms with Crippen LogP contribution >= 0.6 is 0 Å². The fraction of sp³-hybridized carbons (Fsp3) is 0.567. The molecule has 38 heavy (non-hydrogen) atoms. The Bertz CT molecular complexity index is 1240. The molecule has 8 nitrogen and oxygen atoms in total. The Labute approximate surface area is 223 Å². The number of rotatable bonds is 11. The van der Waals surface area contributed by atoms with Crippen molar-refractivity contribution in [3.05, 3.63) is 63.6 Å². The molecule has 1 saturated carbocycles. The Morgan fingerprint density at radius 1 is 1.03 bits per heavy atom. The predicted molar refractivity (Wildman–Crippen MR) is 142 cm³/mol. The van der Waals surface area contributed by atoms with Crippen molar-refractivity contribution in [2.24, 2.45) is 5.41 Å². The zero-order valence-electron chi connectivity index (χ0n) is 22.5. The average Bonchev–Trinajstić information content (AvgIpc) is 3.12. The first kappa shape index (κ1) is 26.5. The van der Waals surface area contributed by atoms with Crippen LogP contribution in [0.15, 0.2) is 41.3 Å². The highest BCUT2D eigenvalue weighted by atomic mass is 16.5. The van der Waals surface area contributed by atoms with Crippen molar-refractivity contribution in [3.8, 4) is 5.75 Å². The molecule has 1 aromatic carbocycles. The highest BCUT2D eigenvalue weighted by molar-refractivity contribution is 5.98. The second kappa shape index (κ2) is 10.9. The lowest BCUT2D eigenvalue weighted by Gasteiger charge is -2.45. The molecule has 3 aliphatic rings. The minimum Gasteiger partial charge on any atom is -0.483 e. The summed E-state index contributed by atoms with van der Waals surface area (Å²) in [5.74, 6) is -0.959. The predicted octanol–water partition coefficient (Wildman–Crippen LogP) is 4.58. The van der Waals surface area contributed by atoms with E-state index < -0.39 is 11.4 Å². The minimum absolute atomic E-state index is 0.0716. The van der Waals surface area contributed by atoms with E-state index in [0.29, 0.717) is 32.7 Å². The molecule has 2 fully saturated rings. The normalized spacial score (nSPS) is 23.6. The van der Waals surface area contributed by atoms with Crippen molar-refractivity contribution < 1.29 is 23.8 Å². The summed E-state index contributed by atoms with van der Waals surface area (Å²) in [5.41, 5.74) is 0.175. The van der Waals surface area contributed by atoms with Crippen LogP contribution in [-0.2, 0) is 22.6 Å². The lowest BCUT2D eigenvalue weighted by molar-refractivity contribution is 0.0392. The van der Waals surface area contributed by atoms with Crippen LogP contribution in [0.5, 0.6) is 5.75 Å². The zero-order chi connectivity index (χ0) is 26.8. The van der Waals surface area contributed by atoms with Gasteiger partial charge in [0.25, 0.3) is 5.91 Å². The van der Waals surface area contributed by atoms with E-state index >= 15 is 0 Å². The van der Waals surface area contributed by atoms with Gasteiger partial charge < -0.3 is 23.7 Å². The molecule has 1 aliphatic carbocycles. The fourth-order valence-corrected chi connectivity index (χ4v) is 6.43. The number of benzene rings is 1. The van der Waals surface area contributed by atoms with E-state index in [4.69, 9.17) is 14.2 Å². The maximum Gasteiger partial charge on any atom is 0.343 e. The van der Waals surface area contributed by atoms with E-state index in [0.717, 1.165) is 44.1 Å². The maximum absolute atomic E-state index is 13.9. The third-order valence-electron chi connectivity index (χ3n) is 8.20. The Hall–Kier alpha value is -3.13. The summed E-state index contributed by atoms with van der Waals surface area (Å²) >= 11 is 0. The third kappa shape index (κ3) is 5.10. The van der Waals surface area contributed by atoms with Gasteiger partial charge in [0.2, 0.25) is 5.43 Å². The van der Waals surface area contributed by atoms with Gasteiger partial charge in [0, 0.05) is 38.9 Å². The van der Waals surface area contributed by atoms with Crippen LogP contribution < -0.4 is 10.2 Å². The monoisotopic (exact) mass is 522 g/mol. The molecule has 0 radical (unpaired) electrons. The zero-order valence-corrected chi connectivity index (χ0v) is 22.5. The first-order valence-corrected chi connectivity index (χ1v) is 13.9. The molecule has 2 aromatic rings. The molecule has 2 atom stereocenters. The molecule has 2 aliphatic heterocycles. The van der Waals surface area contributed by atoms with Gasteiger partial charge in [0.15, 0.2) is 11.4 Å². The standard InChI is InChI=1S/C30H38N2O6/c1-3-4-14-36-15-9-16-37-28(35)23-17-31-21-30-13-8-12-29(2,19-30)20-32(30)27(34)24(31)26(25(23)33)38-18-22-10-6-5-7-11-22/h5-7,10-11,17H,3-4,8-9,12-16,18-21H2,1-2H3/t29-,30+/m0/s1. The number of esters is 1. The molecule has 204 valence electrons. The van der Waals surface area contributed by atoms with Crippen LogP contribution in [0, 0.1) is 5.41 Å². The smallest absolute Gasteiger partial charge is 0.343 e. The summed E-state index contributed by atoms with van der Waals surface area (Å²) in [5, 5.41) is 0. The second-order valence-corrected chi connectivity index (χ2v) is 11.4. The summed E-state index contributed by atoms with van der Waals surface area (Å²) < 4.78 is 18.8. The topological polar surface area (TPSA) is 87.1 Å². The third-order valence-corrected chi connectivity index (χ3v) is 8.20. The van der Waals surface area contributed by atoms with Crippen LogP contribution in [-0.4, -0.2) is 53.2 Å². The van der Waals surface area contributed by atoms with Crippen LogP contribution in [0.4, 0.5) is 0 Å². The van der Waals surface area contributed by atoms with Gasteiger partial charge in [-0.05, 0) is 36.7 Å². The molecule has 0 unspecified atom stereocenters. The number of aromatic nitrogens is 1. The molecular formula is C30H38N2O6. The number of carbonyl (C=O) groups excluding carboxylic acids is 2. The van der Waals surface area contributed by atoms with Gasteiger partial charge in [-0.2, -0.15) is 0 Å². The number of carbonyl (C=O) groups is 2. The molecule has 1 spiro atoms. The highest BCUT2D eigenvalue weighted by Crippen LogP contribution is 2.54. The van der Waals surface area contributed by atoms with E-state index in [1.165, 1.54) is 6.20 Å². The molecular weight excluding hydrogens is 484 g/mol. The molecule has 0 N–H and O–H groups in total. The maximum atomic E-state index is 13.9. The summed E-state index contributed by atoms with van der Waals surface area (Å²) in [6, 6.07) is 9.47. The summed E-state index contributed by atoms with van der Waals surface area (Å²) in [7, 11) is 0. The Balaban J connectivity index is 1.43. The van der Waals surface area contributed by atoms with E-state index in [2.05, 4.69) is 13.8 Å². The van der Waals surface area contributed by atoms with Gasteiger partial charge in [-0.15, -0.1) is 0 Å². The molecule has 8 heteroatoms. The first-order valence-electron chi connectivity index (χ1n) is 13.9. The van der Waals surface area contributed by atoms with Gasteiger partial charge in [-0.1, -0.05) is 57.0 Å². The van der Waals surface area contributed by atoms with Crippen molar-refractivity contribution in [3.63, 3.8) is 0 Å². The molecule has 2 bridgehead atoms. The van der Waals surface area contributed by atoms with Crippen molar-refractivity contribution in [2.45, 2.75) is 77.5 Å². The van der Waals surface area contributed by atoms with Crippen LogP contribution in [0.25, 0.3) is 0 Å². The largest absolute Gasteiger partial charge is 0.483 e. The average molecular weight is 523 g/mol. The van der Waals surface area contributed by atoms with Crippen molar-refractivity contribution >= 4 is 11.9 Å². The molecule has 1 aromatic heterocycles. The van der Waals surface area contributed by atoms with Crippen LogP contribution in [0.1, 0.15) is 85.2 Å². The van der Waals surface area contributed by atoms with Crippen molar-refractivity contribution in [1.82, 2.24) is 9.47 Å². The minimum atomic E-state index is -0.698. The van der Waals surface area contributed by atoms with Gasteiger partial charge >= 0.3 is 5.97 Å². The number of unbranched alkanes of at least 4 members (excludes halogenated alkanes) is 1. The van der Waals surface area contributed by atoms with E-state index in [9.17, 15) is 14.4 Å². The number of hydrogen-bond donors (Lipinski definition) is 0. The molecule has 1 amide bonds. The Kier molecular flexibility index (Phi) is 7.61. The first-order chi connectivity index (χ1) is 18.4. The Morgan fingerprint density at radius 3 is 2.61 bits per heavy atom. The number of pyridine rings is 1. The Morgan fingerprint density at radius 2 is 1.82 bits per heavy atom.